The molecule has 1 atom stereocenters. The van der Waals surface area contributed by atoms with Crippen molar-refractivity contribution in [1.82, 2.24) is 9.80 Å². The van der Waals surface area contributed by atoms with Crippen LogP contribution in [0, 0.1) is 17.2 Å². The highest BCUT2D eigenvalue weighted by Gasteiger charge is 2.22. The van der Waals surface area contributed by atoms with Gasteiger partial charge in [0.2, 0.25) is 0 Å². The van der Waals surface area contributed by atoms with Gasteiger partial charge in [-0.05, 0) is 51.9 Å². The lowest BCUT2D eigenvalue weighted by Gasteiger charge is -2.32. The smallest absolute Gasteiger partial charge is 0.123 e. The fourth-order valence-corrected chi connectivity index (χ4v) is 4.48. The molecule has 5 heteroatoms. The molecule has 1 aliphatic carbocycles. The fourth-order valence-electron chi connectivity index (χ4n) is 4.48. The van der Waals surface area contributed by atoms with Crippen LogP contribution in [0.3, 0.4) is 0 Å². The first-order valence-corrected chi connectivity index (χ1v) is 10.9. The third-order valence-corrected chi connectivity index (χ3v) is 6.26. The number of likely N-dealkylation sites (N-methyl/N-ethyl adjacent to an activating group) is 1. The van der Waals surface area contributed by atoms with Crippen LogP contribution in [-0.4, -0.2) is 60.3 Å². The molecule has 1 aromatic rings. The topological polar surface area (TPSA) is 59.7 Å². The van der Waals surface area contributed by atoms with Crippen LogP contribution in [0.2, 0.25) is 0 Å². The van der Waals surface area contributed by atoms with E-state index in [4.69, 9.17) is 10.00 Å². The molecule has 0 spiro atoms. The SMILES string of the molecule is CN(C[C@@H](O)COc1ccccc1CN1CCC(C#N)CC1)C1CCCCC1. The summed E-state index contributed by atoms with van der Waals surface area (Å²) in [6, 6.07) is 11.1. The highest BCUT2D eigenvalue weighted by atomic mass is 16.5. The number of ether oxygens (including phenoxy) is 1. The molecule has 2 fully saturated rings. The molecular formula is C23H35N3O2. The molecule has 1 aliphatic heterocycles. The molecule has 1 aromatic carbocycles. The summed E-state index contributed by atoms with van der Waals surface area (Å²) in [5.74, 6) is 1.07. The van der Waals surface area contributed by atoms with E-state index in [-0.39, 0.29) is 5.92 Å². The highest BCUT2D eigenvalue weighted by Crippen LogP contribution is 2.24. The van der Waals surface area contributed by atoms with Crippen molar-refractivity contribution in [2.45, 2.75) is 63.6 Å². The van der Waals surface area contributed by atoms with Gasteiger partial charge in [0.25, 0.3) is 0 Å². The van der Waals surface area contributed by atoms with Crippen molar-refractivity contribution in [3.63, 3.8) is 0 Å². The van der Waals surface area contributed by atoms with Crippen LogP contribution in [0.15, 0.2) is 24.3 Å². The highest BCUT2D eigenvalue weighted by molar-refractivity contribution is 5.33. The third kappa shape index (κ3) is 6.20. The number of rotatable bonds is 8. The van der Waals surface area contributed by atoms with Gasteiger partial charge in [-0.3, -0.25) is 4.90 Å². The predicted octanol–water partition coefficient (Wildman–Crippen LogP) is 3.43. The van der Waals surface area contributed by atoms with E-state index < -0.39 is 6.10 Å². The molecule has 0 radical (unpaired) electrons. The van der Waals surface area contributed by atoms with E-state index in [0.29, 0.717) is 19.2 Å². The van der Waals surface area contributed by atoms with Crippen LogP contribution < -0.4 is 4.74 Å². The van der Waals surface area contributed by atoms with E-state index in [1.807, 2.05) is 18.2 Å². The van der Waals surface area contributed by atoms with Crippen LogP contribution in [0.1, 0.15) is 50.5 Å². The number of para-hydroxylation sites is 1. The number of aliphatic hydroxyl groups is 1. The number of nitrogens with zero attached hydrogens (tertiary/aromatic N) is 3. The van der Waals surface area contributed by atoms with E-state index in [0.717, 1.165) is 43.8 Å². The Morgan fingerprint density at radius 3 is 2.61 bits per heavy atom. The number of hydrogen-bond donors (Lipinski definition) is 1. The Kier molecular flexibility index (Phi) is 8.14. The Bertz CT molecular complexity index is 631. The number of benzene rings is 1. The Morgan fingerprint density at radius 1 is 1.18 bits per heavy atom. The third-order valence-electron chi connectivity index (χ3n) is 6.26. The second kappa shape index (κ2) is 10.8. The normalized spacial score (nSPS) is 20.8. The zero-order chi connectivity index (χ0) is 19.8. The molecule has 0 amide bonds. The number of piperidine rings is 1. The van der Waals surface area contributed by atoms with Crippen molar-refractivity contribution in [2.24, 2.45) is 5.92 Å². The summed E-state index contributed by atoms with van der Waals surface area (Å²) >= 11 is 0. The molecule has 3 rings (SSSR count). The van der Waals surface area contributed by atoms with Gasteiger partial charge in [0.05, 0.1) is 6.07 Å². The standard InChI is InChI=1S/C23H35N3O2/c1-25(21-8-3-2-4-9-21)17-22(27)18-28-23-10-6-5-7-20(23)16-26-13-11-19(15-24)12-14-26/h5-7,10,19,21-22,27H,2-4,8-9,11-14,16-18H2,1H3/t22-/m1/s1. The van der Waals surface area contributed by atoms with Crippen molar-refractivity contribution < 1.29 is 9.84 Å². The summed E-state index contributed by atoms with van der Waals surface area (Å²) in [7, 11) is 2.12. The molecular weight excluding hydrogens is 350 g/mol. The monoisotopic (exact) mass is 385 g/mol. The number of hydrogen-bond acceptors (Lipinski definition) is 5. The first kappa shape index (κ1) is 21.1. The Morgan fingerprint density at radius 2 is 1.89 bits per heavy atom. The first-order valence-electron chi connectivity index (χ1n) is 10.9. The van der Waals surface area contributed by atoms with E-state index >= 15 is 0 Å². The minimum Gasteiger partial charge on any atom is -0.491 e. The lowest BCUT2D eigenvalue weighted by Crippen LogP contribution is -2.40. The Labute approximate surface area is 169 Å². The maximum Gasteiger partial charge on any atom is 0.123 e. The van der Waals surface area contributed by atoms with E-state index in [1.54, 1.807) is 0 Å². The van der Waals surface area contributed by atoms with Gasteiger partial charge in [-0.1, -0.05) is 37.5 Å². The van der Waals surface area contributed by atoms with E-state index in [9.17, 15) is 5.11 Å². The minimum atomic E-state index is -0.480. The van der Waals surface area contributed by atoms with E-state index in [1.165, 1.54) is 32.1 Å². The number of nitriles is 1. The van der Waals surface area contributed by atoms with Gasteiger partial charge in [-0.15, -0.1) is 0 Å². The summed E-state index contributed by atoms with van der Waals surface area (Å²) in [5, 5.41) is 19.5. The van der Waals surface area contributed by atoms with E-state index in [2.05, 4.69) is 29.0 Å². The molecule has 0 bridgehead atoms. The number of likely N-dealkylation sites (tertiary alicyclic amines) is 1. The van der Waals surface area contributed by atoms with Crippen LogP contribution in [-0.2, 0) is 6.54 Å². The summed E-state index contributed by atoms with van der Waals surface area (Å²) in [4.78, 5) is 4.70. The minimum absolute atomic E-state index is 0.207. The van der Waals surface area contributed by atoms with Gasteiger partial charge < -0.3 is 14.7 Å². The molecule has 5 nitrogen and oxygen atoms in total. The molecule has 0 unspecified atom stereocenters. The molecule has 28 heavy (non-hydrogen) atoms. The average molecular weight is 386 g/mol. The average Bonchev–Trinajstić information content (AvgIpc) is 2.74. The van der Waals surface area contributed by atoms with Crippen LogP contribution in [0.4, 0.5) is 0 Å². The lowest BCUT2D eigenvalue weighted by atomic mass is 9.94. The quantitative estimate of drug-likeness (QED) is 0.743. The zero-order valence-electron chi connectivity index (χ0n) is 17.2. The molecule has 1 saturated carbocycles. The Hall–Kier alpha value is -1.61. The second-order valence-corrected chi connectivity index (χ2v) is 8.48. The molecule has 2 aliphatic rings. The van der Waals surface area contributed by atoms with Gasteiger partial charge >= 0.3 is 0 Å². The summed E-state index contributed by atoms with van der Waals surface area (Å²) in [5.41, 5.74) is 1.16. The largest absolute Gasteiger partial charge is 0.491 e. The lowest BCUT2D eigenvalue weighted by molar-refractivity contribution is 0.0555. The van der Waals surface area contributed by atoms with Crippen LogP contribution >= 0.6 is 0 Å². The molecule has 0 aromatic heterocycles. The molecule has 1 N–H and O–H groups in total. The van der Waals surface area contributed by atoms with Gasteiger partial charge in [-0.2, -0.15) is 5.26 Å². The van der Waals surface area contributed by atoms with Crippen molar-refractivity contribution in [2.75, 3.05) is 33.3 Å². The fraction of sp³-hybridized carbons (Fsp3) is 0.696. The first-order chi connectivity index (χ1) is 13.7. The van der Waals surface area contributed by atoms with Crippen LogP contribution in [0.5, 0.6) is 5.75 Å². The maximum absolute atomic E-state index is 10.5. The van der Waals surface area contributed by atoms with Crippen molar-refractivity contribution >= 4 is 0 Å². The molecule has 1 saturated heterocycles. The van der Waals surface area contributed by atoms with Gasteiger partial charge in [-0.25, -0.2) is 0 Å². The predicted molar refractivity (Wildman–Crippen MR) is 111 cm³/mol. The molecule has 154 valence electrons. The maximum atomic E-state index is 10.5. The van der Waals surface area contributed by atoms with Gasteiger partial charge in [0.15, 0.2) is 0 Å². The summed E-state index contributed by atoms with van der Waals surface area (Å²) in [6.07, 6.45) is 7.87. The van der Waals surface area contributed by atoms with Crippen molar-refractivity contribution in [1.29, 1.82) is 5.26 Å². The van der Waals surface area contributed by atoms with Crippen molar-refractivity contribution in [3.8, 4) is 11.8 Å². The molecule has 1 heterocycles. The second-order valence-electron chi connectivity index (χ2n) is 8.48. The number of aliphatic hydroxyl groups excluding tert-OH is 1. The van der Waals surface area contributed by atoms with Gasteiger partial charge in [0.1, 0.15) is 18.5 Å². The van der Waals surface area contributed by atoms with Crippen molar-refractivity contribution in [3.05, 3.63) is 29.8 Å². The van der Waals surface area contributed by atoms with Gasteiger partial charge in [0, 0.05) is 30.6 Å². The van der Waals surface area contributed by atoms with Crippen LogP contribution in [0.25, 0.3) is 0 Å². The zero-order valence-corrected chi connectivity index (χ0v) is 17.2. The summed E-state index contributed by atoms with van der Waals surface area (Å²) < 4.78 is 6.02. The Balaban J connectivity index is 1.47. The summed E-state index contributed by atoms with van der Waals surface area (Å²) in [6.45, 7) is 3.74.